The number of rotatable bonds is 4. The van der Waals surface area contributed by atoms with Gasteiger partial charge in [0.25, 0.3) is 11.8 Å². The van der Waals surface area contributed by atoms with Crippen molar-refractivity contribution in [3.05, 3.63) is 65.2 Å². The molecule has 1 aliphatic carbocycles. The molecule has 6 heteroatoms. The first-order valence-corrected chi connectivity index (χ1v) is 13.2. The SMILES string of the molecule is O=C([C@H]1CCCN(c2cccc3c2C(=O)N(C2CC2)C3=O)C1)N1CCC[C@H](c2ccccc2)CC1. The summed E-state index contributed by atoms with van der Waals surface area (Å²) in [5.74, 6) is 0.381. The van der Waals surface area contributed by atoms with E-state index >= 15 is 0 Å². The highest BCUT2D eigenvalue weighted by Gasteiger charge is 2.46. The molecule has 0 N–H and O–H groups in total. The van der Waals surface area contributed by atoms with Crippen LogP contribution in [0.25, 0.3) is 0 Å². The quantitative estimate of drug-likeness (QED) is 0.618. The predicted molar refractivity (Wildman–Crippen MR) is 135 cm³/mol. The van der Waals surface area contributed by atoms with Crippen molar-refractivity contribution >= 4 is 23.4 Å². The number of hydrogen-bond donors (Lipinski definition) is 0. The van der Waals surface area contributed by atoms with Gasteiger partial charge in [-0.3, -0.25) is 19.3 Å². The van der Waals surface area contributed by atoms with Crippen LogP contribution >= 0.6 is 0 Å². The summed E-state index contributed by atoms with van der Waals surface area (Å²) in [4.78, 5) is 45.4. The van der Waals surface area contributed by atoms with E-state index in [1.54, 1.807) is 6.07 Å². The summed E-state index contributed by atoms with van der Waals surface area (Å²) in [5.41, 5.74) is 3.26. The van der Waals surface area contributed by atoms with Gasteiger partial charge in [0, 0.05) is 32.2 Å². The first kappa shape index (κ1) is 22.3. The third kappa shape index (κ3) is 4.13. The third-order valence-corrected chi connectivity index (χ3v) is 8.26. The Balaban J connectivity index is 1.16. The maximum Gasteiger partial charge on any atom is 0.263 e. The number of hydrogen-bond acceptors (Lipinski definition) is 4. The number of carbonyl (C=O) groups excluding carboxylic acids is 3. The fourth-order valence-electron chi connectivity index (χ4n) is 6.24. The van der Waals surface area contributed by atoms with Crippen LogP contribution in [0.1, 0.15) is 77.1 Å². The summed E-state index contributed by atoms with van der Waals surface area (Å²) in [6.07, 6.45) is 6.76. The molecular formula is C29H33N3O3. The lowest BCUT2D eigenvalue weighted by Gasteiger charge is -2.36. The topological polar surface area (TPSA) is 60.9 Å². The molecule has 0 bridgehead atoms. The lowest BCUT2D eigenvalue weighted by atomic mass is 9.92. The van der Waals surface area contributed by atoms with Crippen LogP contribution in [0.15, 0.2) is 48.5 Å². The van der Waals surface area contributed by atoms with Gasteiger partial charge in [0.1, 0.15) is 0 Å². The lowest BCUT2D eigenvalue weighted by molar-refractivity contribution is -0.135. The summed E-state index contributed by atoms with van der Waals surface area (Å²) in [6, 6.07) is 16.3. The van der Waals surface area contributed by atoms with E-state index in [-0.39, 0.29) is 29.7 Å². The molecule has 6 rings (SSSR count). The molecule has 3 aliphatic heterocycles. The van der Waals surface area contributed by atoms with Gasteiger partial charge in [0.05, 0.1) is 22.7 Å². The highest BCUT2D eigenvalue weighted by molar-refractivity contribution is 6.24. The van der Waals surface area contributed by atoms with Crippen molar-refractivity contribution in [1.82, 2.24) is 9.80 Å². The Kier molecular flexibility index (Phi) is 5.83. The van der Waals surface area contributed by atoms with E-state index in [0.29, 0.717) is 23.6 Å². The van der Waals surface area contributed by atoms with Crippen LogP contribution in [-0.2, 0) is 4.79 Å². The molecule has 2 aromatic carbocycles. The van der Waals surface area contributed by atoms with E-state index in [0.717, 1.165) is 70.3 Å². The summed E-state index contributed by atoms with van der Waals surface area (Å²) in [6.45, 7) is 3.04. The second-order valence-corrected chi connectivity index (χ2v) is 10.6. The average molecular weight is 472 g/mol. The molecule has 1 saturated carbocycles. The number of benzene rings is 2. The van der Waals surface area contributed by atoms with Gasteiger partial charge in [-0.1, -0.05) is 36.4 Å². The molecule has 4 aliphatic rings. The van der Waals surface area contributed by atoms with Crippen molar-refractivity contribution in [2.45, 2.75) is 56.9 Å². The smallest absolute Gasteiger partial charge is 0.263 e. The largest absolute Gasteiger partial charge is 0.370 e. The Morgan fingerprint density at radius 1 is 0.771 bits per heavy atom. The Morgan fingerprint density at radius 3 is 2.37 bits per heavy atom. The molecule has 0 spiro atoms. The highest BCUT2D eigenvalue weighted by atomic mass is 16.2. The van der Waals surface area contributed by atoms with Gasteiger partial charge in [-0.15, -0.1) is 0 Å². The summed E-state index contributed by atoms with van der Waals surface area (Å²) in [5, 5.41) is 0. The minimum absolute atomic E-state index is 0.0636. The normalized spacial score (nSPS) is 25.0. The van der Waals surface area contributed by atoms with Crippen LogP contribution in [0.5, 0.6) is 0 Å². The molecule has 3 amide bonds. The number of nitrogens with zero attached hydrogens (tertiary/aromatic N) is 3. The number of piperidine rings is 1. The zero-order valence-corrected chi connectivity index (χ0v) is 20.2. The van der Waals surface area contributed by atoms with Crippen molar-refractivity contribution in [3.63, 3.8) is 0 Å². The van der Waals surface area contributed by atoms with Crippen LogP contribution in [-0.4, -0.2) is 59.7 Å². The molecule has 0 unspecified atom stereocenters. The van der Waals surface area contributed by atoms with Gasteiger partial charge in [-0.25, -0.2) is 0 Å². The Hall–Kier alpha value is -3.15. The maximum absolute atomic E-state index is 13.6. The molecule has 0 radical (unpaired) electrons. The van der Waals surface area contributed by atoms with Crippen molar-refractivity contribution < 1.29 is 14.4 Å². The Labute approximate surface area is 206 Å². The van der Waals surface area contributed by atoms with E-state index in [2.05, 4.69) is 40.1 Å². The molecule has 35 heavy (non-hydrogen) atoms. The Bertz CT molecular complexity index is 1140. The third-order valence-electron chi connectivity index (χ3n) is 8.26. The zero-order chi connectivity index (χ0) is 23.9. The molecule has 2 saturated heterocycles. The van der Waals surface area contributed by atoms with Crippen molar-refractivity contribution in [3.8, 4) is 0 Å². The number of amides is 3. The van der Waals surface area contributed by atoms with Gasteiger partial charge in [-0.2, -0.15) is 0 Å². The molecule has 3 fully saturated rings. The monoisotopic (exact) mass is 471 g/mol. The molecule has 2 atom stereocenters. The molecule has 0 aromatic heterocycles. The number of imide groups is 1. The second kappa shape index (κ2) is 9.14. The first-order valence-electron chi connectivity index (χ1n) is 13.2. The number of likely N-dealkylation sites (tertiary alicyclic amines) is 1. The maximum atomic E-state index is 13.6. The van der Waals surface area contributed by atoms with Crippen LogP contribution in [0, 0.1) is 5.92 Å². The van der Waals surface area contributed by atoms with E-state index in [9.17, 15) is 14.4 Å². The first-order chi connectivity index (χ1) is 17.1. The number of anilines is 1. The van der Waals surface area contributed by atoms with Gasteiger partial charge in [0.15, 0.2) is 0 Å². The lowest BCUT2D eigenvalue weighted by Crippen LogP contribution is -2.45. The fourth-order valence-corrected chi connectivity index (χ4v) is 6.24. The summed E-state index contributed by atoms with van der Waals surface area (Å²) >= 11 is 0. The van der Waals surface area contributed by atoms with Crippen LogP contribution in [0.4, 0.5) is 5.69 Å². The molecule has 3 heterocycles. The van der Waals surface area contributed by atoms with Gasteiger partial charge in [0.2, 0.25) is 5.91 Å². The molecule has 2 aromatic rings. The molecular weight excluding hydrogens is 438 g/mol. The minimum Gasteiger partial charge on any atom is -0.370 e. The van der Waals surface area contributed by atoms with Gasteiger partial charge < -0.3 is 9.80 Å². The van der Waals surface area contributed by atoms with Crippen molar-refractivity contribution in [2.75, 3.05) is 31.1 Å². The minimum atomic E-state index is -0.156. The number of carbonyl (C=O) groups is 3. The predicted octanol–water partition coefficient (Wildman–Crippen LogP) is 4.46. The van der Waals surface area contributed by atoms with Crippen LogP contribution < -0.4 is 4.90 Å². The van der Waals surface area contributed by atoms with E-state index in [1.165, 1.54) is 10.5 Å². The van der Waals surface area contributed by atoms with Crippen molar-refractivity contribution in [2.24, 2.45) is 5.92 Å². The molecule has 6 nitrogen and oxygen atoms in total. The summed E-state index contributed by atoms with van der Waals surface area (Å²) in [7, 11) is 0. The van der Waals surface area contributed by atoms with Crippen LogP contribution in [0.2, 0.25) is 0 Å². The fraction of sp³-hybridized carbons (Fsp3) is 0.483. The molecule has 182 valence electrons. The second-order valence-electron chi connectivity index (χ2n) is 10.6. The standard InChI is InChI=1S/C29H33N3O3/c33-27(30-16-5-9-21(15-18-30)20-7-2-1-3-8-20)22-10-6-17-31(19-22)25-12-4-11-24-26(25)29(35)32(28(24)34)23-13-14-23/h1-4,7-8,11-12,21-23H,5-6,9-10,13-19H2/t21-,22-/m0/s1. The van der Waals surface area contributed by atoms with E-state index in [1.807, 2.05) is 12.1 Å². The highest BCUT2D eigenvalue weighted by Crippen LogP contribution is 2.39. The Morgan fingerprint density at radius 2 is 1.57 bits per heavy atom. The number of fused-ring (bicyclic) bond motifs is 1. The average Bonchev–Trinajstić information content (AvgIpc) is 3.73. The van der Waals surface area contributed by atoms with Gasteiger partial charge >= 0.3 is 0 Å². The van der Waals surface area contributed by atoms with Gasteiger partial charge in [-0.05, 0) is 68.6 Å². The van der Waals surface area contributed by atoms with E-state index < -0.39 is 0 Å². The van der Waals surface area contributed by atoms with Crippen LogP contribution in [0.3, 0.4) is 0 Å². The van der Waals surface area contributed by atoms with Crippen molar-refractivity contribution in [1.29, 1.82) is 0 Å². The summed E-state index contributed by atoms with van der Waals surface area (Å²) < 4.78 is 0. The zero-order valence-electron chi connectivity index (χ0n) is 20.2. The van der Waals surface area contributed by atoms with E-state index in [4.69, 9.17) is 0 Å².